The molecule has 0 aliphatic carbocycles. The molecule has 15 heavy (non-hydrogen) atoms. The number of amides is 1. The van der Waals surface area contributed by atoms with E-state index in [2.05, 4.69) is 0 Å². The highest BCUT2D eigenvalue weighted by atomic mass is 16.7. The predicted molar refractivity (Wildman–Crippen MR) is 54.8 cm³/mol. The molecule has 0 saturated carbocycles. The van der Waals surface area contributed by atoms with E-state index in [1.165, 1.54) is 0 Å². The summed E-state index contributed by atoms with van der Waals surface area (Å²) >= 11 is 0. The second kappa shape index (κ2) is 3.15. The van der Waals surface area contributed by atoms with Crippen LogP contribution in [0.4, 0.5) is 0 Å². The molecular weight excluding hydrogens is 194 g/mol. The van der Waals surface area contributed by atoms with Crippen LogP contribution in [0.3, 0.4) is 0 Å². The number of primary amides is 1. The van der Waals surface area contributed by atoms with Crippen LogP contribution in [0.25, 0.3) is 0 Å². The minimum absolute atomic E-state index is 0.232. The fraction of sp³-hybridized carbons (Fsp3) is 0.364. The molecule has 4 nitrogen and oxygen atoms in total. The van der Waals surface area contributed by atoms with Crippen molar-refractivity contribution in [1.82, 2.24) is 0 Å². The monoisotopic (exact) mass is 207 g/mol. The quantitative estimate of drug-likeness (QED) is 0.792. The zero-order chi connectivity index (χ0) is 11.1. The topological polar surface area (TPSA) is 61.6 Å². The molecule has 0 unspecified atom stereocenters. The number of fused-ring (bicyclic) bond motifs is 1. The van der Waals surface area contributed by atoms with Crippen molar-refractivity contribution in [2.75, 3.05) is 6.79 Å². The van der Waals surface area contributed by atoms with E-state index >= 15 is 0 Å². The van der Waals surface area contributed by atoms with Gasteiger partial charge >= 0.3 is 0 Å². The number of benzene rings is 1. The van der Waals surface area contributed by atoms with Gasteiger partial charge in [0.25, 0.3) is 0 Å². The lowest BCUT2D eigenvalue weighted by Gasteiger charge is -2.21. The third-order valence-corrected chi connectivity index (χ3v) is 2.71. The molecule has 1 heterocycles. The standard InChI is InChI=1S/C11H13NO3/c1-11(2,10(12)13)7-3-4-8-9(5-7)15-6-14-8/h3-5H,6H2,1-2H3,(H2,12,13). The predicted octanol–water partition coefficient (Wildman–Crippen LogP) is 1.18. The molecule has 1 aromatic carbocycles. The Kier molecular flexibility index (Phi) is 2.07. The van der Waals surface area contributed by atoms with Crippen LogP contribution in [0.15, 0.2) is 18.2 Å². The van der Waals surface area contributed by atoms with E-state index in [1.807, 2.05) is 6.07 Å². The van der Waals surface area contributed by atoms with Gasteiger partial charge in [-0.1, -0.05) is 6.07 Å². The lowest BCUT2D eigenvalue weighted by molar-refractivity contribution is -0.122. The van der Waals surface area contributed by atoms with Gasteiger partial charge in [-0.05, 0) is 31.5 Å². The number of rotatable bonds is 2. The molecule has 0 bridgehead atoms. The van der Waals surface area contributed by atoms with Crippen LogP contribution in [-0.4, -0.2) is 12.7 Å². The van der Waals surface area contributed by atoms with Gasteiger partial charge in [0, 0.05) is 0 Å². The Morgan fingerprint density at radius 1 is 1.33 bits per heavy atom. The molecule has 1 aromatic rings. The third kappa shape index (κ3) is 1.52. The van der Waals surface area contributed by atoms with E-state index in [4.69, 9.17) is 15.2 Å². The third-order valence-electron chi connectivity index (χ3n) is 2.71. The highest BCUT2D eigenvalue weighted by Gasteiger charge is 2.29. The Hall–Kier alpha value is -1.71. The summed E-state index contributed by atoms with van der Waals surface area (Å²) < 4.78 is 10.4. The summed E-state index contributed by atoms with van der Waals surface area (Å²) in [4.78, 5) is 11.3. The maximum Gasteiger partial charge on any atom is 0.231 e. The van der Waals surface area contributed by atoms with Crippen molar-refractivity contribution in [3.63, 3.8) is 0 Å². The molecule has 1 amide bonds. The average Bonchev–Trinajstić information content (AvgIpc) is 2.63. The summed E-state index contributed by atoms with van der Waals surface area (Å²) in [5.41, 5.74) is 5.48. The van der Waals surface area contributed by atoms with Crippen LogP contribution >= 0.6 is 0 Å². The van der Waals surface area contributed by atoms with Crippen LogP contribution in [0, 0.1) is 0 Å². The summed E-state index contributed by atoms with van der Waals surface area (Å²) in [5.74, 6) is 1.02. The number of nitrogens with two attached hydrogens (primary N) is 1. The van der Waals surface area contributed by atoms with Crippen LogP contribution in [-0.2, 0) is 10.2 Å². The van der Waals surface area contributed by atoms with E-state index in [1.54, 1.807) is 26.0 Å². The van der Waals surface area contributed by atoms with Crippen molar-refractivity contribution in [2.45, 2.75) is 19.3 Å². The Labute approximate surface area is 88.0 Å². The van der Waals surface area contributed by atoms with Gasteiger partial charge in [0.2, 0.25) is 12.7 Å². The van der Waals surface area contributed by atoms with Gasteiger partial charge in [-0.2, -0.15) is 0 Å². The lowest BCUT2D eigenvalue weighted by Crippen LogP contribution is -2.35. The van der Waals surface area contributed by atoms with Crippen molar-refractivity contribution < 1.29 is 14.3 Å². The lowest BCUT2D eigenvalue weighted by atomic mass is 9.84. The van der Waals surface area contributed by atoms with E-state index in [0.29, 0.717) is 11.5 Å². The maximum absolute atomic E-state index is 11.3. The van der Waals surface area contributed by atoms with E-state index in [-0.39, 0.29) is 12.7 Å². The SMILES string of the molecule is CC(C)(C(N)=O)c1ccc2c(c1)OCO2. The molecule has 0 atom stereocenters. The molecule has 0 aromatic heterocycles. The highest BCUT2D eigenvalue weighted by Crippen LogP contribution is 2.36. The first kappa shape index (κ1) is 9.83. The number of carbonyl (C=O) groups is 1. The number of hydrogen-bond donors (Lipinski definition) is 1. The Morgan fingerprint density at radius 2 is 2.00 bits per heavy atom. The second-order valence-electron chi connectivity index (χ2n) is 4.06. The molecule has 0 fully saturated rings. The number of hydrogen-bond acceptors (Lipinski definition) is 3. The summed E-state index contributed by atoms with van der Waals surface area (Å²) in [5, 5.41) is 0. The van der Waals surface area contributed by atoms with Gasteiger partial charge in [0.05, 0.1) is 5.41 Å². The molecule has 0 saturated heterocycles. The molecule has 4 heteroatoms. The van der Waals surface area contributed by atoms with Gasteiger partial charge < -0.3 is 15.2 Å². The first-order valence-electron chi connectivity index (χ1n) is 4.72. The average molecular weight is 207 g/mol. The zero-order valence-electron chi connectivity index (χ0n) is 8.74. The van der Waals surface area contributed by atoms with Crippen LogP contribution in [0.5, 0.6) is 11.5 Å². The molecule has 0 spiro atoms. The molecular formula is C11H13NO3. The van der Waals surface area contributed by atoms with Crippen LogP contribution in [0.2, 0.25) is 0 Å². The fourth-order valence-corrected chi connectivity index (χ4v) is 1.43. The molecule has 1 aliphatic rings. The van der Waals surface area contributed by atoms with Crippen molar-refractivity contribution in [3.8, 4) is 11.5 Å². The van der Waals surface area contributed by atoms with Gasteiger partial charge in [-0.25, -0.2) is 0 Å². The fourth-order valence-electron chi connectivity index (χ4n) is 1.43. The zero-order valence-corrected chi connectivity index (χ0v) is 8.74. The largest absolute Gasteiger partial charge is 0.454 e. The van der Waals surface area contributed by atoms with Gasteiger partial charge in [-0.15, -0.1) is 0 Å². The smallest absolute Gasteiger partial charge is 0.231 e. The first-order valence-corrected chi connectivity index (χ1v) is 4.72. The van der Waals surface area contributed by atoms with Crippen LogP contribution in [0.1, 0.15) is 19.4 Å². The Morgan fingerprint density at radius 3 is 2.67 bits per heavy atom. The van der Waals surface area contributed by atoms with Gasteiger partial charge in [0.15, 0.2) is 11.5 Å². The van der Waals surface area contributed by atoms with Crippen molar-refractivity contribution >= 4 is 5.91 Å². The normalized spacial score (nSPS) is 14.0. The highest BCUT2D eigenvalue weighted by molar-refractivity contribution is 5.86. The van der Waals surface area contributed by atoms with Crippen molar-refractivity contribution in [3.05, 3.63) is 23.8 Å². The van der Waals surface area contributed by atoms with E-state index < -0.39 is 5.41 Å². The molecule has 2 rings (SSSR count). The summed E-state index contributed by atoms with van der Waals surface area (Å²) in [6, 6.07) is 5.42. The minimum atomic E-state index is -0.693. The number of carbonyl (C=O) groups excluding carboxylic acids is 1. The maximum atomic E-state index is 11.3. The van der Waals surface area contributed by atoms with Crippen molar-refractivity contribution in [2.24, 2.45) is 5.73 Å². The molecule has 2 N–H and O–H groups in total. The van der Waals surface area contributed by atoms with E-state index in [9.17, 15) is 4.79 Å². The van der Waals surface area contributed by atoms with Crippen molar-refractivity contribution in [1.29, 1.82) is 0 Å². The minimum Gasteiger partial charge on any atom is -0.454 e. The molecule has 0 radical (unpaired) electrons. The second-order valence-corrected chi connectivity index (χ2v) is 4.06. The molecule has 80 valence electrons. The van der Waals surface area contributed by atoms with Gasteiger partial charge in [0.1, 0.15) is 0 Å². The van der Waals surface area contributed by atoms with Gasteiger partial charge in [-0.3, -0.25) is 4.79 Å². The summed E-state index contributed by atoms with van der Waals surface area (Å²) in [6.07, 6.45) is 0. The Bertz CT molecular complexity index is 412. The summed E-state index contributed by atoms with van der Waals surface area (Å²) in [6.45, 7) is 3.80. The Balaban J connectivity index is 2.42. The summed E-state index contributed by atoms with van der Waals surface area (Å²) in [7, 11) is 0. The number of ether oxygens (including phenoxy) is 2. The molecule has 1 aliphatic heterocycles. The van der Waals surface area contributed by atoms with E-state index in [0.717, 1.165) is 5.56 Å². The van der Waals surface area contributed by atoms with Crippen LogP contribution < -0.4 is 15.2 Å². The first-order chi connectivity index (χ1) is 7.01.